The number of hydrogen-bond donors (Lipinski definition) is 1. The van der Waals surface area contributed by atoms with E-state index >= 15 is 0 Å². The zero-order valence-corrected chi connectivity index (χ0v) is 16.9. The Morgan fingerprint density at radius 1 is 1.26 bits per heavy atom. The number of nitrogens with one attached hydrogen (secondary N) is 1. The molecule has 126 valence electrons. The summed E-state index contributed by atoms with van der Waals surface area (Å²) < 4.78 is 7.60. The molecule has 0 aliphatic rings. The minimum absolute atomic E-state index is 0.00287. The fraction of sp³-hybridized carbons (Fsp3) is 0.500. The molecule has 0 fully saturated rings. The van der Waals surface area contributed by atoms with E-state index < -0.39 is 8.32 Å². The van der Waals surface area contributed by atoms with Gasteiger partial charge in [0.1, 0.15) is 5.75 Å². The van der Waals surface area contributed by atoms with Crippen LogP contribution in [0.5, 0.6) is 5.75 Å². The number of thiophene rings is 1. The highest BCUT2D eigenvalue weighted by atomic mass is 32.1. The topological polar surface area (TPSA) is 38.3 Å². The second-order valence-corrected chi connectivity index (χ2v) is 13.5. The van der Waals surface area contributed by atoms with Gasteiger partial charge in [-0.05, 0) is 54.7 Å². The SMILES string of the molecule is CC(=O)NC(C)c1cc2cc(O[Si](C)(C)C(C)(C)C)ccc2s1. The lowest BCUT2D eigenvalue weighted by Gasteiger charge is -2.36. The van der Waals surface area contributed by atoms with E-state index in [4.69, 9.17) is 4.43 Å². The van der Waals surface area contributed by atoms with Gasteiger partial charge in [-0.3, -0.25) is 4.79 Å². The first-order valence-electron chi connectivity index (χ1n) is 7.99. The fourth-order valence-corrected chi connectivity index (χ4v) is 4.21. The predicted molar refractivity (Wildman–Crippen MR) is 102 cm³/mol. The zero-order valence-electron chi connectivity index (χ0n) is 15.1. The molecule has 1 heterocycles. The van der Waals surface area contributed by atoms with Crippen molar-refractivity contribution >= 4 is 35.6 Å². The molecule has 1 unspecified atom stereocenters. The second kappa shape index (κ2) is 6.28. The zero-order chi connectivity index (χ0) is 17.4. The third-order valence-corrected chi connectivity index (χ3v) is 10.2. The van der Waals surface area contributed by atoms with E-state index in [1.165, 1.54) is 15.0 Å². The predicted octanol–water partition coefficient (Wildman–Crippen LogP) is 5.48. The van der Waals surface area contributed by atoms with Crippen molar-refractivity contribution in [3.63, 3.8) is 0 Å². The van der Waals surface area contributed by atoms with Crippen LogP contribution in [0.2, 0.25) is 18.1 Å². The largest absolute Gasteiger partial charge is 0.543 e. The van der Waals surface area contributed by atoms with Gasteiger partial charge in [0.05, 0.1) is 6.04 Å². The van der Waals surface area contributed by atoms with E-state index in [0.717, 1.165) is 5.75 Å². The quantitative estimate of drug-likeness (QED) is 0.742. The van der Waals surface area contributed by atoms with Gasteiger partial charge in [-0.2, -0.15) is 0 Å². The van der Waals surface area contributed by atoms with Crippen LogP contribution in [0.15, 0.2) is 24.3 Å². The van der Waals surface area contributed by atoms with Gasteiger partial charge in [0, 0.05) is 16.5 Å². The van der Waals surface area contributed by atoms with Gasteiger partial charge in [-0.15, -0.1) is 11.3 Å². The van der Waals surface area contributed by atoms with Crippen LogP contribution in [0, 0.1) is 0 Å². The Morgan fingerprint density at radius 3 is 2.48 bits per heavy atom. The molecule has 1 aromatic heterocycles. The van der Waals surface area contributed by atoms with Crippen molar-refractivity contribution in [1.82, 2.24) is 5.32 Å². The average Bonchev–Trinajstić information content (AvgIpc) is 2.79. The van der Waals surface area contributed by atoms with Crippen molar-refractivity contribution in [2.24, 2.45) is 0 Å². The van der Waals surface area contributed by atoms with Crippen LogP contribution in [-0.2, 0) is 4.79 Å². The molecule has 0 saturated carbocycles. The van der Waals surface area contributed by atoms with Crippen LogP contribution < -0.4 is 9.74 Å². The van der Waals surface area contributed by atoms with Crippen molar-refractivity contribution < 1.29 is 9.22 Å². The van der Waals surface area contributed by atoms with Gasteiger partial charge in [0.25, 0.3) is 0 Å². The van der Waals surface area contributed by atoms with Gasteiger partial charge in [0.2, 0.25) is 14.2 Å². The molecule has 23 heavy (non-hydrogen) atoms. The van der Waals surface area contributed by atoms with Crippen molar-refractivity contribution in [1.29, 1.82) is 0 Å². The number of hydrogen-bond acceptors (Lipinski definition) is 3. The molecule has 1 atom stereocenters. The molecular formula is C18H27NO2SSi. The fourth-order valence-electron chi connectivity index (χ4n) is 2.14. The van der Waals surface area contributed by atoms with Gasteiger partial charge in [0.15, 0.2) is 0 Å². The number of benzene rings is 1. The number of amides is 1. The Bertz CT molecular complexity index is 715. The molecule has 0 aliphatic heterocycles. The summed E-state index contributed by atoms with van der Waals surface area (Å²) in [5.41, 5.74) is 0. The summed E-state index contributed by atoms with van der Waals surface area (Å²) >= 11 is 1.72. The summed E-state index contributed by atoms with van der Waals surface area (Å²) in [6, 6.07) is 8.49. The van der Waals surface area contributed by atoms with E-state index in [1.807, 2.05) is 6.92 Å². The van der Waals surface area contributed by atoms with E-state index in [-0.39, 0.29) is 17.0 Å². The molecule has 0 saturated heterocycles. The Hall–Kier alpha value is -1.33. The average molecular weight is 350 g/mol. The number of carbonyl (C=O) groups is 1. The maximum absolute atomic E-state index is 11.2. The molecule has 5 heteroatoms. The van der Waals surface area contributed by atoms with E-state index in [0.29, 0.717) is 0 Å². The first-order valence-corrected chi connectivity index (χ1v) is 11.7. The summed E-state index contributed by atoms with van der Waals surface area (Å²) in [7, 11) is -1.82. The van der Waals surface area contributed by atoms with Crippen LogP contribution in [0.3, 0.4) is 0 Å². The lowest BCUT2D eigenvalue weighted by molar-refractivity contribution is -0.119. The maximum atomic E-state index is 11.2. The first kappa shape index (κ1) is 18.0. The number of rotatable bonds is 4. The number of carbonyl (C=O) groups excluding carboxylic acids is 1. The Kier molecular flexibility index (Phi) is 4.92. The molecule has 3 nitrogen and oxygen atoms in total. The highest BCUT2D eigenvalue weighted by Gasteiger charge is 2.38. The molecule has 0 aliphatic carbocycles. The summed E-state index contributed by atoms with van der Waals surface area (Å²) in [4.78, 5) is 12.4. The molecule has 1 aromatic carbocycles. The Labute approximate surface area is 144 Å². The molecule has 1 amide bonds. The highest BCUT2D eigenvalue weighted by Crippen LogP contribution is 2.39. The molecule has 0 bridgehead atoms. The van der Waals surface area contributed by atoms with Crippen LogP contribution in [-0.4, -0.2) is 14.2 Å². The minimum Gasteiger partial charge on any atom is -0.543 e. The van der Waals surface area contributed by atoms with Crippen LogP contribution in [0.1, 0.15) is 45.5 Å². The third kappa shape index (κ3) is 4.15. The lowest BCUT2D eigenvalue weighted by Crippen LogP contribution is -2.43. The maximum Gasteiger partial charge on any atom is 0.250 e. The molecule has 1 N–H and O–H groups in total. The van der Waals surface area contributed by atoms with E-state index in [1.54, 1.807) is 18.3 Å². The van der Waals surface area contributed by atoms with Crippen molar-refractivity contribution in [2.45, 2.75) is 58.8 Å². The van der Waals surface area contributed by atoms with Gasteiger partial charge in [-0.25, -0.2) is 0 Å². The van der Waals surface area contributed by atoms with E-state index in [9.17, 15) is 4.79 Å². The minimum atomic E-state index is -1.82. The highest BCUT2D eigenvalue weighted by molar-refractivity contribution is 7.19. The Balaban J connectivity index is 2.27. The normalized spacial score (nSPS) is 13.9. The molecule has 2 aromatic rings. The standard InChI is InChI=1S/C18H27NO2SSi/c1-12(19-13(2)20)17-11-14-10-15(8-9-16(14)22-17)21-23(6,7)18(3,4)5/h8-12H,1-7H3,(H,19,20). The van der Waals surface area contributed by atoms with Gasteiger partial charge >= 0.3 is 0 Å². The Morgan fingerprint density at radius 2 is 1.91 bits per heavy atom. The number of fused-ring (bicyclic) bond motifs is 1. The monoisotopic (exact) mass is 349 g/mol. The smallest absolute Gasteiger partial charge is 0.250 e. The molecule has 0 radical (unpaired) electrons. The third-order valence-electron chi connectivity index (χ3n) is 4.53. The summed E-state index contributed by atoms with van der Waals surface area (Å²) in [6.07, 6.45) is 0. The van der Waals surface area contributed by atoms with Crippen LogP contribution in [0.4, 0.5) is 0 Å². The summed E-state index contributed by atoms with van der Waals surface area (Å²) in [5, 5.41) is 4.30. The van der Waals surface area contributed by atoms with Crippen molar-refractivity contribution in [2.75, 3.05) is 0 Å². The summed E-state index contributed by atoms with van der Waals surface area (Å²) in [5.74, 6) is 0.942. The lowest BCUT2D eigenvalue weighted by atomic mass is 10.2. The van der Waals surface area contributed by atoms with Crippen molar-refractivity contribution in [3.8, 4) is 5.75 Å². The second-order valence-electron chi connectivity index (χ2n) is 7.63. The summed E-state index contributed by atoms with van der Waals surface area (Å²) in [6.45, 7) is 14.8. The van der Waals surface area contributed by atoms with Gasteiger partial charge < -0.3 is 9.74 Å². The van der Waals surface area contributed by atoms with Crippen LogP contribution >= 0.6 is 11.3 Å². The first-order chi connectivity index (χ1) is 10.5. The molecular weight excluding hydrogens is 322 g/mol. The van der Waals surface area contributed by atoms with Crippen LogP contribution in [0.25, 0.3) is 10.1 Å². The molecule has 0 spiro atoms. The molecule has 2 rings (SSSR count). The van der Waals surface area contributed by atoms with E-state index in [2.05, 4.69) is 63.4 Å². The van der Waals surface area contributed by atoms with Gasteiger partial charge in [-0.1, -0.05) is 20.8 Å². The van der Waals surface area contributed by atoms with Crippen molar-refractivity contribution in [3.05, 3.63) is 29.1 Å².